The lowest BCUT2D eigenvalue weighted by atomic mass is 10.0. The van der Waals surface area contributed by atoms with Crippen LogP contribution < -0.4 is 4.90 Å². The Morgan fingerprint density at radius 3 is 2.38 bits per heavy atom. The van der Waals surface area contributed by atoms with Crippen molar-refractivity contribution in [2.45, 2.75) is 4.87 Å². The molecular formula is C20H17NO5S3. The molecule has 9 heteroatoms. The Morgan fingerprint density at radius 2 is 1.76 bits per heavy atom. The number of allylic oxidation sites excluding steroid dienone is 1. The Morgan fingerprint density at radius 1 is 1.07 bits per heavy atom. The van der Waals surface area contributed by atoms with Crippen LogP contribution in [0.4, 0.5) is 5.69 Å². The van der Waals surface area contributed by atoms with Crippen molar-refractivity contribution >= 4 is 58.7 Å². The number of nitrogens with zero attached hydrogens (tertiary/aromatic N) is 1. The molecule has 0 saturated heterocycles. The first-order chi connectivity index (χ1) is 13.9. The summed E-state index contributed by atoms with van der Waals surface area (Å²) in [5.41, 5.74) is 2.15. The molecule has 1 spiro atoms. The average Bonchev–Trinajstić information content (AvgIpc) is 3.36. The molecular weight excluding hydrogens is 430 g/mol. The largest absolute Gasteiger partial charge is 0.466 e. The molecule has 3 aliphatic rings. The zero-order valence-electron chi connectivity index (χ0n) is 16.1. The van der Waals surface area contributed by atoms with Crippen LogP contribution in [0.5, 0.6) is 0 Å². The molecule has 4 rings (SSSR count). The monoisotopic (exact) mass is 447 g/mol. The van der Waals surface area contributed by atoms with Crippen LogP contribution in [0.25, 0.3) is 0 Å². The average molecular weight is 448 g/mol. The van der Waals surface area contributed by atoms with E-state index in [-0.39, 0.29) is 16.9 Å². The predicted octanol–water partition coefficient (Wildman–Crippen LogP) is 3.57. The molecule has 1 aromatic rings. The van der Waals surface area contributed by atoms with Crippen molar-refractivity contribution in [1.82, 2.24) is 0 Å². The topological polar surface area (TPSA) is 72.9 Å². The summed E-state index contributed by atoms with van der Waals surface area (Å²) < 4.78 is 10.8. The molecule has 0 fully saturated rings. The molecule has 0 aromatic heterocycles. The van der Waals surface area contributed by atoms with Crippen LogP contribution in [-0.2, 0) is 19.1 Å². The number of rotatable bonds is 4. The van der Waals surface area contributed by atoms with E-state index in [9.17, 15) is 14.4 Å². The third kappa shape index (κ3) is 2.64. The van der Waals surface area contributed by atoms with Crippen LogP contribution >= 0.6 is 35.3 Å². The van der Waals surface area contributed by atoms with E-state index in [1.54, 1.807) is 6.07 Å². The second-order valence-corrected chi connectivity index (χ2v) is 9.42. The summed E-state index contributed by atoms with van der Waals surface area (Å²) >= 11 is 4.16. The van der Waals surface area contributed by atoms with Crippen LogP contribution in [0.15, 0.2) is 56.3 Å². The number of fused-ring (bicyclic) bond motifs is 4. The molecule has 1 aliphatic carbocycles. The van der Waals surface area contributed by atoms with Gasteiger partial charge in [-0.25, -0.2) is 9.59 Å². The highest BCUT2D eigenvalue weighted by atomic mass is 32.2. The molecule has 29 heavy (non-hydrogen) atoms. The highest BCUT2D eigenvalue weighted by molar-refractivity contribution is 8.23. The summed E-state index contributed by atoms with van der Waals surface area (Å²) in [4.78, 5) is 40.2. The molecule has 2 aliphatic heterocycles. The van der Waals surface area contributed by atoms with Gasteiger partial charge in [0.05, 0.1) is 35.3 Å². The van der Waals surface area contributed by atoms with Gasteiger partial charge in [-0.05, 0) is 30.7 Å². The number of esters is 2. The normalized spacial score (nSPS) is 22.3. The van der Waals surface area contributed by atoms with Crippen molar-refractivity contribution in [3.63, 3.8) is 0 Å². The number of ether oxygens (including phenoxy) is 2. The number of hydrogen-bond donors (Lipinski definition) is 0. The molecule has 0 saturated carbocycles. The van der Waals surface area contributed by atoms with Crippen molar-refractivity contribution in [2.75, 3.05) is 31.6 Å². The number of carbonyl (C=O) groups is 3. The van der Waals surface area contributed by atoms with Gasteiger partial charge in [0.15, 0.2) is 0 Å². The SMILES string of the molecule is COC(=O)C1=C(C(=O)OC)C2(C=C1SC)SC(SC)=C1C(=O)c3ccccc3N12. The molecule has 1 unspecified atom stereocenters. The van der Waals surface area contributed by atoms with Crippen molar-refractivity contribution < 1.29 is 23.9 Å². The first-order valence-electron chi connectivity index (χ1n) is 8.55. The smallest absolute Gasteiger partial charge is 0.339 e. The van der Waals surface area contributed by atoms with Crippen molar-refractivity contribution in [3.05, 3.63) is 61.9 Å². The summed E-state index contributed by atoms with van der Waals surface area (Å²) in [5.74, 6) is -1.33. The fraction of sp³-hybridized carbons (Fsp3) is 0.250. The van der Waals surface area contributed by atoms with Crippen LogP contribution in [0.2, 0.25) is 0 Å². The Balaban J connectivity index is 2.04. The van der Waals surface area contributed by atoms with Gasteiger partial charge in [0.25, 0.3) is 0 Å². The molecule has 150 valence electrons. The van der Waals surface area contributed by atoms with Gasteiger partial charge >= 0.3 is 11.9 Å². The van der Waals surface area contributed by atoms with Crippen LogP contribution in [-0.4, -0.2) is 49.3 Å². The van der Waals surface area contributed by atoms with E-state index >= 15 is 0 Å². The minimum Gasteiger partial charge on any atom is -0.466 e. The van der Waals surface area contributed by atoms with E-state index in [0.29, 0.717) is 21.9 Å². The molecule has 2 heterocycles. The predicted molar refractivity (Wildman–Crippen MR) is 117 cm³/mol. The number of Topliss-reactive ketones (excluding diaryl/α,β-unsaturated/α-hetero) is 1. The van der Waals surface area contributed by atoms with E-state index in [1.165, 1.54) is 49.5 Å². The maximum Gasteiger partial charge on any atom is 0.339 e. The highest BCUT2D eigenvalue weighted by Gasteiger charge is 2.60. The fourth-order valence-electron chi connectivity index (χ4n) is 3.81. The highest BCUT2D eigenvalue weighted by Crippen LogP contribution is 2.63. The Hall–Kier alpha value is -2.10. The number of ketones is 1. The van der Waals surface area contributed by atoms with Crippen LogP contribution in [0.3, 0.4) is 0 Å². The summed E-state index contributed by atoms with van der Waals surface area (Å²) in [7, 11) is 2.56. The fourth-order valence-corrected chi connectivity index (χ4v) is 6.96. The first-order valence-corrected chi connectivity index (χ1v) is 11.8. The maximum absolute atomic E-state index is 13.2. The number of hydrogen-bond acceptors (Lipinski definition) is 9. The third-order valence-electron chi connectivity index (χ3n) is 4.97. The van der Waals surface area contributed by atoms with Crippen LogP contribution in [0.1, 0.15) is 10.4 Å². The Bertz CT molecular complexity index is 1060. The zero-order valence-corrected chi connectivity index (χ0v) is 18.5. The van der Waals surface area contributed by atoms with Gasteiger partial charge in [-0.15, -0.1) is 23.5 Å². The molecule has 6 nitrogen and oxygen atoms in total. The van der Waals surface area contributed by atoms with Crippen molar-refractivity contribution in [3.8, 4) is 0 Å². The van der Waals surface area contributed by atoms with Gasteiger partial charge in [0, 0.05) is 10.5 Å². The standard InChI is InChI=1S/C20H17NO5S3/c1-25-17(23)13-12(27-3)9-20(14(13)18(24)26-2)21-11-8-6-5-7-10(11)16(22)15(21)19(28-4)29-20/h5-9H,1-4H3. The lowest BCUT2D eigenvalue weighted by molar-refractivity contribution is -0.139. The van der Waals surface area contributed by atoms with Crippen LogP contribution in [0, 0.1) is 0 Å². The van der Waals surface area contributed by atoms with Gasteiger partial charge in [-0.1, -0.05) is 23.9 Å². The minimum absolute atomic E-state index is 0.0934. The van der Waals surface area contributed by atoms with Gasteiger partial charge in [-0.3, -0.25) is 4.79 Å². The van der Waals surface area contributed by atoms with E-state index in [2.05, 4.69) is 0 Å². The second-order valence-electron chi connectivity index (χ2n) is 6.27. The number of benzene rings is 1. The van der Waals surface area contributed by atoms with Gasteiger partial charge in [0.2, 0.25) is 5.78 Å². The third-order valence-corrected chi connectivity index (χ3v) is 8.24. The zero-order chi connectivity index (χ0) is 20.9. The molecule has 1 atom stereocenters. The minimum atomic E-state index is -1.09. The summed E-state index contributed by atoms with van der Waals surface area (Å²) in [5, 5.41) is 0. The number of anilines is 1. The summed E-state index contributed by atoms with van der Waals surface area (Å²) in [6, 6.07) is 7.29. The van der Waals surface area contributed by atoms with Gasteiger partial charge in [0.1, 0.15) is 10.6 Å². The Kier molecular flexibility index (Phi) is 5.08. The van der Waals surface area contributed by atoms with E-state index in [4.69, 9.17) is 9.47 Å². The van der Waals surface area contributed by atoms with Crippen molar-refractivity contribution in [2.24, 2.45) is 0 Å². The summed E-state index contributed by atoms with van der Waals surface area (Å²) in [6.45, 7) is 0. The lowest BCUT2D eigenvalue weighted by Crippen LogP contribution is -2.43. The number of methoxy groups -OCH3 is 2. The maximum atomic E-state index is 13.2. The molecule has 0 amide bonds. The van der Waals surface area contributed by atoms with E-state index < -0.39 is 16.8 Å². The molecule has 1 aromatic carbocycles. The second kappa shape index (κ2) is 7.30. The van der Waals surface area contributed by atoms with E-state index in [1.807, 2.05) is 41.7 Å². The Labute approximate surface area is 180 Å². The number of para-hydroxylation sites is 1. The van der Waals surface area contributed by atoms with Gasteiger partial charge < -0.3 is 14.4 Å². The quantitative estimate of drug-likeness (QED) is 0.644. The first kappa shape index (κ1) is 20.2. The molecule has 0 bridgehead atoms. The van der Waals surface area contributed by atoms with E-state index in [0.717, 1.165) is 4.24 Å². The summed E-state index contributed by atoms with van der Waals surface area (Å²) in [6.07, 6.45) is 5.58. The van der Waals surface area contributed by atoms with Gasteiger partial charge in [-0.2, -0.15) is 0 Å². The van der Waals surface area contributed by atoms with Crippen molar-refractivity contribution in [1.29, 1.82) is 0 Å². The molecule has 0 radical (unpaired) electrons. The number of carbonyl (C=O) groups excluding carboxylic acids is 3. The lowest BCUT2D eigenvalue weighted by Gasteiger charge is -2.34. The number of thioether (sulfide) groups is 3. The molecule has 0 N–H and O–H groups in total.